The first-order chi connectivity index (χ1) is 10.6. The fourth-order valence-electron chi connectivity index (χ4n) is 3.86. The molecule has 0 aromatic heterocycles. The quantitative estimate of drug-likeness (QED) is 0.838. The first-order valence-electron chi connectivity index (χ1n) is 8.34. The topological polar surface area (TPSA) is 32.3 Å². The smallest absolute Gasteiger partial charge is 0.318 e. The lowest BCUT2D eigenvalue weighted by molar-refractivity contribution is 0.122. The predicted molar refractivity (Wildman–Crippen MR) is 89.9 cm³/mol. The van der Waals surface area contributed by atoms with Crippen LogP contribution < -0.4 is 5.32 Å². The third kappa shape index (κ3) is 2.90. The molecule has 1 aliphatic carbocycles. The van der Waals surface area contributed by atoms with Crippen molar-refractivity contribution in [1.82, 2.24) is 10.2 Å². The molecule has 1 saturated heterocycles. The van der Waals surface area contributed by atoms with Crippen molar-refractivity contribution < 1.29 is 4.79 Å². The molecule has 3 nitrogen and oxygen atoms in total. The molecule has 2 fully saturated rings. The standard InChI is InChI=1S/C19H26N2O/c1-15(2)10-13-21-18(22)20-14-19(21)11-8-17(9-12-19)16-6-4-3-5-7-16/h3-7,10,17H,8-9,11-14H2,1-2H3,(H,20,22). The summed E-state index contributed by atoms with van der Waals surface area (Å²) in [6.07, 6.45) is 6.70. The van der Waals surface area contributed by atoms with Crippen LogP contribution in [0.25, 0.3) is 0 Å². The molecule has 22 heavy (non-hydrogen) atoms. The van der Waals surface area contributed by atoms with E-state index in [2.05, 4.69) is 60.5 Å². The zero-order valence-corrected chi connectivity index (χ0v) is 13.6. The Bertz CT molecular complexity index is 552. The second-order valence-electron chi connectivity index (χ2n) is 6.96. The van der Waals surface area contributed by atoms with Crippen LogP contribution in [0.4, 0.5) is 4.79 Å². The predicted octanol–water partition coefficient (Wildman–Crippen LogP) is 4.07. The molecule has 1 saturated carbocycles. The minimum Gasteiger partial charge on any atom is -0.336 e. The monoisotopic (exact) mass is 298 g/mol. The van der Waals surface area contributed by atoms with Gasteiger partial charge in [-0.1, -0.05) is 42.0 Å². The number of amides is 2. The van der Waals surface area contributed by atoms with E-state index in [1.165, 1.54) is 24.0 Å². The summed E-state index contributed by atoms with van der Waals surface area (Å²) in [7, 11) is 0. The van der Waals surface area contributed by atoms with Crippen LogP contribution in [-0.4, -0.2) is 29.6 Å². The van der Waals surface area contributed by atoms with Gasteiger partial charge in [-0.25, -0.2) is 4.79 Å². The second kappa shape index (κ2) is 6.15. The number of allylic oxidation sites excluding steroid dienone is 1. The molecule has 1 spiro atoms. The van der Waals surface area contributed by atoms with Crippen LogP contribution in [0.1, 0.15) is 51.0 Å². The number of rotatable bonds is 3. The minimum absolute atomic E-state index is 0.0360. The van der Waals surface area contributed by atoms with Gasteiger partial charge in [-0.3, -0.25) is 0 Å². The normalized spacial score (nSPS) is 27.8. The molecule has 1 N–H and O–H groups in total. The molecule has 2 amide bonds. The zero-order valence-electron chi connectivity index (χ0n) is 13.6. The molecular formula is C19H26N2O. The molecule has 1 aromatic rings. The zero-order chi connectivity index (χ0) is 15.6. The van der Waals surface area contributed by atoms with Crippen molar-refractivity contribution in [3.8, 4) is 0 Å². The number of hydrogen-bond acceptors (Lipinski definition) is 1. The second-order valence-corrected chi connectivity index (χ2v) is 6.96. The van der Waals surface area contributed by atoms with Gasteiger partial charge in [-0.15, -0.1) is 0 Å². The summed E-state index contributed by atoms with van der Waals surface area (Å²) in [5.41, 5.74) is 2.76. The lowest BCUT2D eigenvalue weighted by Gasteiger charge is -2.42. The van der Waals surface area contributed by atoms with Gasteiger partial charge in [0.25, 0.3) is 0 Å². The third-order valence-corrected chi connectivity index (χ3v) is 5.26. The molecule has 0 unspecified atom stereocenters. The van der Waals surface area contributed by atoms with Crippen molar-refractivity contribution >= 4 is 6.03 Å². The molecule has 0 atom stereocenters. The number of hydrogen-bond donors (Lipinski definition) is 1. The van der Waals surface area contributed by atoms with Crippen LogP contribution >= 0.6 is 0 Å². The average Bonchev–Trinajstić information content (AvgIpc) is 2.83. The Morgan fingerprint density at radius 2 is 1.95 bits per heavy atom. The Morgan fingerprint density at radius 1 is 1.27 bits per heavy atom. The fraction of sp³-hybridized carbons (Fsp3) is 0.526. The molecule has 0 bridgehead atoms. The van der Waals surface area contributed by atoms with Gasteiger partial charge in [-0.2, -0.15) is 0 Å². The van der Waals surface area contributed by atoms with Gasteiger partial charge in [0.1, 0.15) is 0 Å². The van der Waals surface area contributed by atoms with Crippen LogP contribution in [-0.2, 0) is 0 Å². The van der Waals surface area contributed by atoms with Crippen molar-refractivity contribution in [2.24, 2.45) is 0 Å². The summed E-state index contributed by atoms with van der Waals surface area (Å²) in [6, 6.07) is 10.9. The summed E-state index contributed by atoms with van der Waals surface area (Å²) in [6.45, 7) is 5.73. The van der Waals surface area contributed by atoms with Crippen LogP contribution in [0.5, 0.6) is 0 Å². The lowest BCUT2D eigenvalue weighted by atomic mass is 9.74. The Hall–Kier alpha value is -1.77. The summed E-state index contributed by atoms with van der Waals surface area (Å²) < 4.78 is 0. The van der Waals surface area contributed by atoms with Gasteiger partial charge >= 0.3 is 6.03 Å². The van der Waals surface area contributed by atoms with E-state index in [0.717, 1.165) is 25.9 Å². The van der Waals surface area contributed by atoms with Gasteiger partial charge in [0.2, 0.25) is 0 Å². The number of carbonyl (C=O) groups excluding carboxylic acids is 1. The van der Waals surface area contributed by atoms with Crippen molar-refractivity contribution in [2.45, 2.75) is 51.0 Å². The molecule has 1 aromatic carbocycles. The summed E-state index contributed by atoms with van der Waals surface area (Å²) in [5.74, 6) is 0.646. The highest BCUT2D eigenvalue weighted by Crippen LogP contribution is 2.42. The summed E-state index contributed by atoms with van der Waals surface area (Å²) in [4.78, 5) is 14.3. The number of nitrogens with zero attached hydrogens (tertiary/aromatic N) is 1. The van der Waals surface area contributed by atoms with E-state index in [4.69, 9.17) is 0 Å². The number of carbonyl (C=O) groups is 1. The molecule has 0 radical (unpaired) electrons. The first-order valence-corrected chi connectivity index (χ1v) is 8.34. The highest BCUT2D eigenvalue weighted by Gasteiger charge is 2.46. The van der Waals surface area contributed by atoms with E-state index in [1.54, 1.807) is 0 Å². The van der Waals surface area contributed by atoms with Gasteiger partial charge in [-0.05, 0) is 51.0 Å². The highest BCUT2D eigenvalue weighted by atomic mass is 16.2. The van der Waals surface area contributed by atoms with Crippen molar-refractivity contribution in [2.75, 3.05) is 13.1 Å². The van der Waals surface area contributed by atoms with Crippen LogP contribution in [0.3, 0.4) is 0 Å². The molecule has 118 valence electrons. The van der Waals surface area contributed by atoms with Crippen LogP contribution in [0, 0.1) is 0 Å². The maximum Gasteiger partial charge on any atom is 0.318 e. The van der Waals surface area contributed by atoms with E-state index < -0.39 is 0 Å². The SMILES string of the molecule is CC(C)=CCN1C(=O)NCC12CCC(c1ccccc1)CC2. The number of nitrogens with one attached hydrogen (secondary N) is 1. The van der Waals surface area contributed by atoms with Crippen molar-refractivity contribution in [3.05, 3.63) is 47.5 Å². The minimum atomic E-state index is 0.0360. The van der Waals surface area contributed by atoms with E-state index in [9.17, 15) is 4.79 Å². The fourth-order valence-corrected chi connectivity index (χ4v) is 3.86. The maximum absolute atomic E-state index is 12.2. The Morgan fingerprint density at radius 3 is 2.59 bits per heavy atom. The Balaban J connectivity index is 1.70. The highest BCUT2D eigenvalue weighted by molar-refractivity contribution is 5.78. The van der Waals surface area contributed by atoms with Crippen LogP contribution in [0.2, 0.25) is 0 Å². The Labute approximate surface area is 133 Å². The van der Waals surface area contributed by atoms with Gasteiger partial charge in [0, 0.05) is 13.1 Å². The maximum atomic E-state index is 12.2. The van der Waals surface area contributed by atoms with E-state index >= 15 is 0 Å². The lowest BCUT2D eigenvalue weighted by Crippen LogP contribution is -2.49. The van der Waals surface area contributed by atoms with E-state index in [1.807, 2.05) is 0 Å². The molecule has 2 aliphatic rings. The van der Waals surface area contributed by atoms with Crippen LogP contribution in [0.15, 0.2) is 42.0 Å². The average molecular weight is 298 g/mol. The van der Waals surface area contributed by atoms with Gasteiger partial charge < -0.3 is 10.2 Å². The van der Waals surface area contributed by atoms with Crippen molar-refractivity contribution in [1.29, 1.82) is 0 Å². The molecule has 1 heterocycles. The number of benzene rings is 1. The third-order valence-electron chi connectivity index (χ3n) is 5.26. The van der Waals surface area contributed by atoms with Gasteiger partial charge in [0.15, 0.2) is 0 Å². The Kier molecular flexibility index (Phi) is 4.23. The van der Waals surface area contributed by atoms with Gasteiger partial charge in [0.05, 0.1) is 5.54 Å². The molecule has 3 rings (SSSR count). The first kappa shape index (κ1) is 15.1. The summed E-state index contributed by atoms with van der Waals surface area (Å²) >= 11 is 0. The summed E-state index contributed by atoms with van der Waals surface area (Å²) in [5, 5.41) is 3.07. The van der Waals surface area contributed by atoms with Crippen molar-refractivity contribution in [3.63, 3.8) is 0 Å². The molecule has 1 aliphatic heterocycles. The van der Waals surface area contributed by atoms with E-state index in [0.29, 0.717) is 5.92 Å². The molecular weight excluding hydrogens is 272 g/mol. The number of urea groups is 1. The molecule has 3 heteroatoms. The van der Waals surface area contributed by atoms with E-state index in [-0.39, 0.29) is 11.6 Å². The largest absolute Gasteiger partial charge is 0.336 e.